The maximum atomic E-state index is 12.5. The molecule has 2 heterocycles. The second-order valence-corrected chi connectivity index (χ2v) is 8.56. The van der Waals surface area contributed by atoms with Crippen LogP contribution in [-0.4, -0.2) is 25.2 Å². The molecule has 0 aliphatic rings. The maximum absolute atomic E-state index is 12.5. The summed E-state index contributed by atoms with van der Waals surface area (Å²) in [5, 5.41) is 7.38. The lowest BCUT2D eigenvalue weighted by atomic mass is 10.2. The number of fused-ring (bicyclic) bond motifs is 1. The Morgan fingerprint density at radius 3 is 2.65 bits per heavy atom. The Bertz CT molecular complexity index is 1310. The Morgan fingerprint density at radius 2 is 1.90 bits per heavy atom. The molecule has 1 N–H and O–H groups in total. The van der Waals surface area contributed by atoms with Crippen LogP contribution in [0.3, 0.4) is 0 Å². The molecule has 0 fully saturated rings. The number of hydrogen-bond acceptors (Lipinski definition) is 5. The summed E-state index contributed by atoms with van der Waals surface area (Å²) < 4.78 is 2.99. The van der Waals surface area contributed by atoms with E-state index in [2.05, 4.69) is 47.4 Å². The molecule has 0 saturated heterocycles. The van der Waals surface area contributed by atoms with Crippen LogP contribution in [0.1, 0.15) is 17.5 Å². The topological polar surface area (TPSA) is 81.8 Å². The third kappa shape index (κ3) is 4.69. The predicted molar refractivity (Wildman–Crippen MR) is 122 cm³/mol. The first-order valence-electron chi connectivity index (χ1n) is 9.93. The number of carbonyl (C=O) groups is 1. The zero-order valence-corrected chi connectivity index (χ0v) is 18.4. The van der Waals surface area contributed by atoms with E-state index in [1.54, 1.807) is 23.5 Å². The van der Waals surface area contributed by atoms with Crippen molar-refractivity contribution < 1.29 is 4.79 Å². The lowest BCUT2D eigenvalue weighted by Crippen LogP contribution is -2.23. The fourth-order valence-electron chi connectivity index (χ4n) is 3.32. The highest BCUT2D eigenvalue weighted by Gasteiger charge is 2.10. The van der Waals surface area contributed by atoms with Gasteiger partial charge in [-0.1, -0.05) is 29.5 Å². The first-order valence-corrected chi connectivity index (χ1v) is 10.7. The van der Waals surface area contributed by atoms with Crippen LogP contribution in [0.15, 0.2) is 69.6 Å². The minimum absolute atomic E-state index is 0.159. The van der Waals surface area contributed by atoms with Gasteiger partial charge in [-0.2, -0.15) is 5.10 Å². The van der Waals surface area contributed by atoms with E-state index >= 15 is 0 Å². The molecular formula is C23H23N5O2S. The summed E-state index contributed by atoms with van der Waals surface area (Å²) in [4.78, 5) is 31.4. The highest BCUT2D eigenvalue weighted by atomic mass is 32.2. The zero-order valence-electron chi connectivity index (χ0n) is 17.6. The van der Waals surface area contributed by atoms with E-state index in [9.17, 15) is 9.59 Å². The second kappa shape index (κ2) is 8.77. The number of anilines is 1. The van der Waals surface area contributed by atoms with Crippen molar-refractivity contribution in [2.75, 3.05) is 5.32 Å². The Kier molecular flexibility index (Phi) is 5.90. The van der Waals surface area contributed by atoms with Crippen LogP contribution >= 0.6 is 11.8 Å². The Morgan fingerprint density at radius 1 is 1.13 bits per heavy atom. The SMILES string of the molecule is Cc1ccc(Sc2ccc(NC(=O)CCn3cnc4c(cnn4C)c3=O)cc2)c(C)c1. The summed E-state index contributed by atoms with van der Waals surface area (Å²) >= 11 is 1.70. The molecule has 0 unspecified atom stereocenters. The number of carbonyl (C=O) groups excluding carboxylic acids is 1. The smallest absolute Gasteiger partial charge is 0.264 e. The van der Waals surface area contributed by atoms with E-state index in [1.807, 2.05) is 24.3 Å². The summed E-state index contributed by atoms with van der Waals surface area (Å²) in [7, 11) is 1.73. The van der Waals surface area contributed by atoms with Crippen molar-refractivity contribution in [3.8, 4) is 0 Å². The van der Waals surface area contributed by atoms with Crippen molar-refractivity contribution in [2.45, 2.75) is 36.6 Å². The number of amides is 1. The van der Waals surface area contributed by atoms with Crippen LogP contribution in [0.4, 0.5) is 5.69 Å². The van der Waals surface area contributed by atoms with E-state index in [0.29, 0.717) is 11.0 Å². The standard InChI is InChI=1S/C23H23N5O2S/c1-15-4-9-20(16(2)12-15)31-18-7-5-17(6-8-18)26-21(29)10-11-28-14-24-22-19(23(28)30)13-25-27(22)3/h4-9,12-14H,10-11H2,1-3H3,(H,26,29). The van der Waals surface area contributed by atoms with Crippen molar-refractivity contribution >= 4 is 34.4 Å². The number of benzene rings is 2. The molecule has 8 heteroatoms. The molecule has 158 valence electrons. The van der Waals surface area contributed by atoms with Crippen molar-refractivity contribution in [2.24, 2.45) is 7.05 Å². The van der Waals surface area contributed by atoms with Gasteiger partial charge in [0.25, 0.3) is 5.56 Å². The van der Waals surface area contributed by atoms with Crippen LogP contribution < -0.4 is 10.9 Å². The summed E-state index contributed by atoms with van der Waals surface area (Å²) in [6, 6.07) is 14.2. The molecule has 4 rings (SSSR count). The van der Waals surface area contributed by atoms with E-state index in [4.69, 9.17) is 0 Å². The number of nitrogens with one attached hydrogen (secondary N) is 1. The van der Waals surface area contributed by atoms with E-state index in [-0.39, 0.29) is 24.4 Å². The molecule has 7 nitrogen and oxygen atoms in total. The first kappa shape index (κ1) is 20.9. The first-order chi connectivity index (χ1) is 14.9. The summed E-state index contributed by atoms with van der Waals surface area (Å²) in [6.45, 7) is 4.45. The molecule has 0 atom stereocenters. The second-order valence-electron chi connectivity index (χ2n) is 7.44. The van der Waals surface area contributed by atoms with Crippen LogP contribution in [0, 0.1) is 13.8 Å². The van der Waals surface area contributed by atoms with Gasteiger partial charge in [-0.25, -0.2) is 4.98 Å². The average Bonchev–Trinajstić information content (AvgIpc) is 3.12. The van der Waals surface area contributed by atoms with Gasteiger partial charge in [0, 0.05) is 35.5 Å². The molecule has 0 aliphatic heterocycles. The van der Waals surface area contributed by atoms with Crippen molar-refractivity contribution in [1.29, 1.82) is 0 Å². The van der Waals surface area contributed by atoms with Crippen LogP contribution in [0.2, 0.25) is 0 Å². The van der Waals surface area contributed by atoms with Gasteiger partial charge in [-0.05, 0) is 49.7 Å². The van der Waals surface area contributed by atoms with Crippen molar-refractivity contribution in [1.82, 2.24) is 19.3 Å². The molecular weight excluding hydrogens is 410 g/mol. The van der Waals surface area contributed by atoms with E-state index in [1.165, 1.54) is 33.1 Å². The highest BCUT2D eigenvalue weighted by Crippen LogP contribution is 2.31. The molecule has 4 aromatic rings. The van der Waals surface area contributed by atoms with Gasteiger partial charge in [0.1, 0.15) is 5.39 Å². The van der Waals surface area contributed by atoms with E-state index in [0.717, 1.165) is 10.6 Å². The molecule has 1 amide bonds. The van der Waals surface area contributed by atoms with Crippen LogP contribution in [-0.2, 0) is 18.4 Å². The molecule has 0 saturated carbocycles. The minimum Gasteiger partial charge on any atom is -0.326 e. The Hall–Kier alpha value is -3.39. The van der Waals surface area contributed by atoms with E-state index < -0.39 is 0 Å². The predicted octanol–water partition coefficient (Wildman–Crippen LogP) is 3.93. The molecule has 31 heavy (non-hydrogen) atoms. The number of hydrogen-bond donors (Lipinski definition) is 1. The van der Waals surface area contributed by atoms with Gasteiger partial charge < -0.3 is 5.32 Å². The molecule has 0 bridgehead atoms. The number of aromatic nitrogens is 4. The largest absolute Gasteiger partial charge is 0.326 e. The van der Waals surface area contributed by atoms with Crippen LogP contribution in [0.5, 0.6) is 0 Å². The van der Waals surface area contributed by atoms with Gasteiger partial charge in [-0.15, -0.1) is 0 Å². The molecule has 2 aromatic heterocycles. The third-order valence-electron chi connectivity index (χ3n) is 4.99. The maximum Gasteiger partial charge on any atom is 0.264 e. The third-order valence-corrected chi connectivity index (χ3v) is 6.18. The molecule has 0 spiro atoms. The van der Waals surface area contributed by atoms with Gasteiger partial charge in [0.05, 0.1) is 12.5 Å². The van der Waals surface area contributed by atoms with Crippen molar-refractivity contribution in [3.05, 3.63) is 76.5 Å². The Balaban J connectivity index is 1.35. The summed E-state index contributed by atoms with van der Waals surface area (Å²) in [5.41, 5.74) is 3.56. The quantitative estimate of drug-likeness (QED) is 0.498. The van der Waals surface area contributed by atoms with Gasteiger partial charge in [0.2, 0.25) is 5.91 Å². The lowest BCUT2D eigenvalue weighted by molar-refractivity contribution is -0.116. The van der Waals surface area contributed by atoms with Crippen molar-refractivity contribution in [3.63, 3.8) is 0 Å². The summed E-state index contributed by atoms with van der Waals surface area (Å²) in [6.07, 6.45) is 3.13. The normalized spacial score (nSPS) is 11.1. The zero-order chi connectivity index (χ0) is 22.0. The molecule has 0 aliphatic carbocycles. The molecule has 2 aromatic carbocycles. The number of rotatable bonds is 6. The van der Waals surface area contributed by atoms with Gasteiger partial charge in [-0.3, -0.25) is 18.8 Å². The van der Waals surface area contributed by atoms with Gasteiger partial charge in [0.15, 0.2) is 5.65 Å². The average molecular weight is 434 g/mol. The molecule has 0 radical (unpaired) electrons. The highest BCUT2D eigenvalue weighted by molar-refractivity contribution is 7.99. The number of nitrogens with zero attached hydrogens (tertiary/aromatic N) is 4. The monoisotopic (exact) mass is 433 g/mol. The number of aryl methyl sites for hydroxylation is 4. The fraction of sp³-hybridized carbons (Fsp3) is 0.217. The Labute approximate surface area is 184 Å². The van der Waals surface area contributed by atoms with Crippen LogP contribution in [0.25, 0.3) is 11.0 Å². The lowest BCUT2D eigenvalue weighted by Gasteiger charge is -2.09. The summed E-state index contributed by atoms with van der Waals surface area (Å²) in [5.74, 6) is -0.159. The van der Waals surface area contributed by atoms with Gasteiger partial charge >= 0.3 is 0 Å². The fourth-order valence-corrected chi connectivity index (χ4v) is 4.20. The minimum atomic E-state index is -0.196.